The molecular formula is C20H24N4O2. The number of hydrogen-bond acceptors (Lipinski definition) is 5. The number of anilines is 1. The van der Waals surface area contributed by atoms with Crippen LogP contribution in [0.15, 0.2) is 51.9 Å². The Balaban J connectivity index is 1.47. The van der Waals surface area contributed by atoms with Crippen LogP contribution >= 0.6 is 0 Å². The van der Waals surface area contributed by atoms with Gasteiger partial charge in [0.15, 0.2) is 5.82 Å². The smallest absolute Gasteiger partial charge is 0.293 e. The second-order valence-corrected chi connectivity index (χ2v) is 7.03. The van der Waals surface area contributed by atoms with Crippen molar-refractivity contribution < 1.29 is 4.42 Å². The first-order chi connectivity index (χ1) is 12.6. The molecule has 2 aromatic heterocycles. The molecule has 0 amide bonds. The van der Waals surface area contributed by atoms with E-state index in [9.17, 15) is 4.79 Å². The Labute approximate surface area is 152 Å². The zero-order valence-corrected chi connectivity index (χ0v) is 15.2. The van der Waals surface area contributed by atoms with Gasteiger partial charge in [-0.25, -0.2) is 4.98 Å². The fourth-order valence-corrected chi connectivity index (χ4v) is 3.66. The van der Waals surface area contributed by atoms with Crippen LogP contribution in [-0.4, -0.2) is 28.7 Å². The van der Waals surface area contributed by atoms with Crippen LogP contribution in [-0.2, 0) is 7.05 Å². The lowest BCUT2D eigenvalue weighted by molar-refractivity contribution is 0.357. The number of aryl methyl sites for hydroxylation is 1. The number of piperidine rings is 1. The van der Waals surface area contributed by atoms with Gasteiger partial charge in [0.25, 0.3) is 5.56 Å². The molecule has 0 unspecified atom stereocenters. The molecule has 136 valence electrons. The molecule has 0 bridgehead atoms. The molecular weight excluding hydrogens is 328 g/mol. The predicted octanol–water partition coefficient (Wildman–Crippen LogP) is 2.85. The minimum Gasteiger partial charge on any atom is -0.459 e. The van der Waals surface area contributed by atoms with Crippen molar-refractivity contribution in [2.24, 2.45) is 7.05 Å². The number of aromatic nitrogens is 2. The normalized spacial score (nSPS) is 19.0. The number of hydrogen-bond donors (Lipinski definition) is 1. The number of furan rings is 1. The lowest BCUT2D eigenvalue weighted by Crippen LogP contribution is -2.48. The first-order valence-corrected chi connectivity index (χ1v) is 9.13. The lowest BCUT2D eigenvalue weighted by Gasteiger charge is -2.34. The SMILES string of the molecule is C[C@@H](N[C@H]1CCCN(c2nccn(C)c2=O)C1)c1cc2ccccc2o1. The molecule has 0 radical (unpaired) electrons. The van der Waals surface area contributed by atoms with Crippen LogP contribution in [0.2, 0.25) is 0 Å². The maximum absolute atomic E-state index is 12.3. The Kier molecular flexibility index (Phi) is 4.51. The van der Waals surface area contributed by atoms with Crippen molar-refractivity contribution in [3.8, 4) is 0 Å². The van der Waals surface area contributed by atoms with Crippen LogP contribution in [0.25, 0.3) is 11.0 Å². The van der Waals surface area contributed by atoms with Crippen molar-refractivity contribution in [2.75, 3.05) is 18.0 Å². The fourth-order valence-electron chi connectivity index (χ4n) is 3.66. The maximum Gasteiger partial charge on any atom is 0.293 e. The van der Waals surface area contributed by atoms with Crippen molar-refractivity contribution in [2.45, 2.75) is 31.8 Å². The van der Waals surface area contributed by atoms with E-state index < -0.39 is 0 Å². The van der Waals surface area contributed by atoms with Crippen molar-refractivity contribution in [1.82, 2.24) is 14.9 Å². The van der Waals surface area contributed by atoms with Gasteiger partial charge in [-0.3, -0.25) is 4.79 Å². The van der Waals surface area contributed by atoms with Crippen molar-refractivity contribution >= 4 is 16.8 Å². The van der Waals surface area contributed by atoms with E-state index in [1.165, 1.54) is 0 Å². The number of benzene rings is 1. The number of fused-ring (bicyclic) bond motifs is 1. The Morgan fingerprint density at radius 3 is 3.04 bits per heavy atom. The van der Waals surface area contributed by atoms with Crippen molar-refractivity contribution in [1.29, 1.82) is 0 Å². The van der Waals surface area contributed by atoms with Crippen LogP contribution < -0.4 is 15.8 Å². The first-order valence-electron chi connectivity index (χ1n) is 9.13. The quantitative estimate of drug-likeness (QED) is 0.782. The molecule has 2 atom stereocenters. The summed E-state index contributed by atoms with van der Waals surface area (Å²) < 4.78 is 7.56. The average Bonchev–Trinajstić information content (AvgIpc) is 3.09. The van der Waals surface area contributed by atoms with Gasteiger partial charge in [-0.15, -0.1) is 0 Å². The molecule has 0 saturated carbocycles. The molecule has 6 nitrogen and oxygen atoms in total. The van der Waals surface area contributed by atoms with Gasteiger partial charge in [-0.05, 0) is 31.9 Å². The number of nitrogens with one attached hydrogen (secondary N) is 1. The molecule has 1 fully saturated rings. The summed E-state index contributed by atoms with van der Waals surface area (Å²) in [6, 6.07) is 10.6. The van der Waals surface area contributed by atoms with Gasteiger partial charge in [0.2, 0.25) is 0 Å². The van der Waals surface area contributed by atoms with E-state index in [4.69, 9.17) is 4.42 Å². The highest BCUT2D eigenvalue weighted by atomic mass is 16.3. The Morgan fingerprint density at radius 2 is 2.19 bits per heavy atom. The van der Waals surface area contributed by atoms with E-state index in [1.54, 1.807) is 24.0 Å². The largest absolute Gasteiger partial charge is 0.459 e. The molecule has 0 spiro atoms. The van der Waals surface area contributed by atoms with Crippen LogP contribution in [0, 0.1) is 0 Å². The minimum atomic E-state index is -0.0431. The standard InChI is InChI=1S/C20H24N4O2/c1-14(18-12-15-6-3-4-8-17(15)26-18)22-16-7-5-10-24(13-16)19-20(25)23(2)11-9-21-19/h3-4,6,8-9,11-12,14,16,22H,5,7,10,13H2,1-2H3/t14-,16+/m1/s1. The highest BCUT2D eigenvalue weighted by Crippen LogP contribution is 2.25. The first kappa shape index (κ1) is 16.8. The molecule has 1 N–H and O–H groups in total. The average molecular weight is 352 g/mol. The summed E-state index contributed by atoms with van der Waals surface area (Å²) in [6.07, 6.45) is 5.48. The van der Waals surface area contributed by atoms with E-state index in [0.717, 1.165) is 42.7 Å². The molecule has 1 aromatic carbocycles. The molecule has 4 rings (SSSR count). The van der Waals surface area contributed by atoms with Crippen molar-refractivity contribution in [3.63, 3.8) is 0 Å². The summed E-state index contributed by atoms with van der Waals surface area (Å²) in [4.78, 5) is 18.7. The number of para-hydroxylation sites is 1. The van der Waals surface area contributed by atoms with Gasteiger partial charge < -0.3 is 19.2 Å². The highest BCUT2D eigenvalue weighted by molar-refractivity contribution is 5.77. The molecule has 6 heteroatoms. The predicted molar refractivity (Wildman–Crippen MR) is 102 cm³/mol. The second-order valence-electron chi connectivity index (χ2n) is 7.03. The van der Waals surface area contributed by atoms with Crippen LogP contribution in [0.5, 0.6) is 0 Å². The van der Waals surface area contributed by atoms with E-state index >= 15 is 0 Å². The number of rotatable bonds is 4. The topological polar surface area (TPSA) is 63.3 Å². The van der Waals surface area contributed by atoms with Crippen LogP contribution in [0.1, 0.15) is 31.6 Å². The van der Waals surface area contributed by atoms with Crippen LogP contribution in [0.4, 0.5) is 5.82 Å². The Hall–Kier alpha value is -2.60. The third kappa shape index (κ3) is 3.24. The van der Waals surface area contributed by atoms with E-state index in [-0.39, 0.29) is 11.6 Å². The van der Waals surface area contributed by atoms with Gasteiger partial charge in [-0.1, -0.05) is 18.2 Å². The molecule has 26 heavy (non-hydrogen) atoms. The monoisotopic (exact) mass is 352 g/mol. The molecule has 1 aliphatic rings. The zero-order valence-electron chi connectivity index (χ0n) is 15.2. The summed E-state index contributed by atoms with van der Waals surface area (Å²) in [5, 5.41) is 4.78. The van der Waals surface area contributed by atoms with Gasteiger partial charge in [-0.2, -0.15) is 0 Å². The highest BCUT2D eigenvalue weighted by Gasteiger charge is 2.25. The number of nitrogens with zero attached hydrogens (tertiary/aromatic N) is 3. The summed E-state index contributed by atoms with van der Waals surface area (Å²) in [5.41, 5.74) is 0.872. The van der Waals surface area contributed by atoms with Gasteiger partial charge in [0, 0.05) is 44.0 Å². The zero-order chi connectivity index (χ0) is 18.1. The Morgan fingerprint density at radius 1 is 1.35 bits per heavy atom. The minimum absolute atomic E-state index is 0.0431. The lowest BCUT2D eigenvalue weighted by atomic mass is 10.0. The second kappa shape index (κ2) is 6.96. The van der Waals surface area contributed by atoms with Crippen molar-refractivity contribution in [3.05, 3.63) is 58.8 Å². The third-order valence-electron chi connectivity index (χ3n) is 5.08. The summed E-state index contributed by atoms with van der Waals surface area (Å²) in [6.45, 7) is 3.76. The third-order valence-corrected chi connectivity index (χ3v) is 5.08. The molecule has 0 aliphatic carbocycles. The van der Waals surface area contributed by atoms with Gasteiger partial charge >= 0.3 is 0 Å². The van der Waals surface area contributed by atoms with Gasteiger partial charge in [0.1, 0.15) is 11.3 Å². The summed E-state index contributed by atoms with van der Waals surface area (Å²) in [7, 11) is 1.76. The van der Waals surface area contributed by atoms with Crippen LogP contribution in [0.3, 0.4) is 0 Å². The van der Waals surface area contributed by atoms with E-state index in [1.807, 2.05) is 18.2 Å². The molecule has 3 heterocycles. The molecule has 1 saturated heterocycles. The maximum atomic E-state index is 12.3. The summed E-state index contributed by atoms with van der Waals surface area (Å²) in [5.74, 6) is 1.48. The molecule has 3 aromatic rings. The summed E-state index contributed by atoms with van der Waals surface area (Å²) >= 11 is 0. The molecule has 1 aliphatic heterocycles. The Bertz CT molecular complexity index is 929. The van der Waals surface area contributed by atoms with E-state index in [0.29, 0.717) is 11.9 Å². The van der Waals surface area contributed by atoms with E-state index in [2.05, 4.69) is 34.3 Å². The fraction of sp³-hybridized carbons (Fsp3) is 0.400. The van der Waals surface area contributed by atoms with Gasteiger partial charge in [0.05, 0.1) is 6.04 Å².